The number of nitrogens with one attached hydrogen (secondary N) is 2. The summed E-state index contributed by atoms with van der Waals surface area (Å²) in [4.78, 5) is 32.3. The van der Waals surface area contributed by atoms with Crippen LogP contribution in [0.3, 0.4) is 0 Å². The van der Waals surface area contributed by atoms with Crippen molar-refractivity contribution in [2.45, 2.75) is 72.0 Å². The molecule has 10 nitrogen and oxygen atoms in total. The SMILES string of the molecule is CC(C)(C)Nc1ncc([N+](=O)[O-])c(NC2CCN(C(=O)O)C(C(C)(C)C)C2)n1. The van der Waals surface area contributed by atoms with Gasteiger partial charge in [0.25, 0.3) is 0 Å². The maximum Gasteiger partial charge on any atom is 0.407 e. The Morgan fingerprint density at radius 3 is 2.46 bits per heavy atom. The zero-order valence-corrected chi connectivity index (χ0v) is 17.3. The molecule has 2 rings (SSSR count). The third kappa shape index (κ3) is 5.43. The van der Waals surface area contributed by atoms with E-state index in [9.17, 15) is 20.0 Å². The largest absolute Gasteiger partial charge is 0.465 e. The van der Waals surface area contributed by atoms with E-state index >= 15 is 0 Å². The first-order chi connectivity index (χ1) is 12.8. The average molecular weight is 394 g/mol. The van der Waals surface area contributed by atoms with Gasteiger partial charge in [-0.05, 0) is 39.0 Å². The minimum absolute atomic E-state index is 0.129. The van der Waals surface area contributed by atoms with Gasteiger partial charge in [-0.2, -0.15) is 4.98 Å². The number of piperidine rings is 1. The monoisotopic (exact) mass is 394 g/mol. The summed E-state index contributed by atoms with van der Waals surface area (Å²) in [5.41, 5.74) is -0.750. The number of rotatable bonds is 4. The molecule has 0 radical (unpaired) electrons. The molecule has 0 aliphatic carbocycles. The van der Waals surface area contributed by atoms with Crippen LogP contribution in [0.2, 0.25) is 0 Å². The molecule has 2 atom stereocenters. The minimum Gasteiger partial charge on any atom is -0.465 e. The van der Waals surface area contributed by atoms with Crippen molar-refractivity contribution >= 4 is 23.5 Å². The van der Waals surface area contributed by atoms with E-state index in [1.807, 2.05) is 41.5 Å². The normalized spacial score (nSPS) is 20.6. The Balaban J connectivity index is 2.27. The van der Waals surface area contributed by atoms with E-state index in [0.29, 0.717) is 25.3 Å². The van der Waals surface area contributed by atoms with Gasteiger partial charge in [-0.15, -0.1) is 0 Å². The molecule has 1 aromatic heterocycles. The van der Waals surface area contributed by atoms with Crippen molar-refractivity contribution in [1.29, 1.82) is 0 Å². The molecule has 156 valence electrons. The lowest BCUT2D eigenvalue weighted by molar-refractivity contribution is -0.384. The summed E-state index contributed by atoms with van der Waals surface area (Å²) in [6.07, 6.45) is 1.33. The summed E-state index contributed by atoms with van der Waals surface area (Å²) in [6.45, 7) is 12.2. The van der Waals surface area contributed by atoms with E-state index in [0.717, 1.165) is 0 Å². The highest BCUT2D eigenvalue weighted by Gasteiger charge is 2.39. The smallest absolute Gasteiger partial charge is 0.407 e. The molecular formula is C18H30N6O4. The summed E-state index contributed by atoms with van der Waals surface area (Å²) in [5.74, 6) is 0.448. The topological polar surface area (TPSA) is 134 Å². The summed E-state index contributed by atoms with van der Waals surface area (Å²) in [7, 11) is 0. The van der Waals surface area contributed by atoms with Crippen molar-refractivity contribution in [2.75, 3.05) is 17.2 Å². The van der Waals surface area contributed by atoms with E-state index in [4.69, 9.17) is 0 Å². The van der Waals surface area contributed by atoms with Crippen LogP contribution in [-0.4, -0.2) is 55.2 Å². The number of likely N-dealkylation sites (tertiary alicyclic amines) is 1. The fourth-order valence-corrected chi connectivity index (χ4v) is 3.35. The quantitative estimate of drug-likeness (QED) is 0.521. The fourth-order valence-electron chi connectivity index (χ4n) is 3.35. The van der Waals surface area contributed by atoms with Crippen LogP contribution in [0.5, 0.6) is 0 Å². The average Bonchev–Trinajstić information content (AvgIpc) is 2.52. The van der Waals surface area contributed by atoms with Gasteiger partial charge in [-0.3, -0.25) is 10.1 Å². The van der Waals surface area contributed by atoms with E-state index in [2.05, 4.69) is 20.6 Å². The number of hydrogen-bond donors (Lipinski definition) is 3. The lowest BCUT2D eigenvalue weighted by Crippen LogP contribution is -2.54. The number of carboxylic acid groups (broad SMARTS) is 1. The molecule has 1 aromatic rings. The highest BCUT2D eigenvalue weighted by molar-refractivity contribution is 5.66. The van der Waals surface area contributed by atoms with E-state index in [1.54, 1.807) is 0 Å². The van der Waals surface area contributed by atoms with E-state index in [-0.39, 0.29) is 34.5 Å². The Hall–Kier alpha value is -2.65. The van der Waals surface area contributed by atoms with Crippen molar-refractivity contribution in [3.63, 3.8) is 0 Å². The van der Waals surface area contributed by atoms with Crippen LogP contribution in [0.15, 0.2) is 6.20 Å². The maximum atomic E-state index is 11.6. The fraction of sp³-hybridized carbons (Fsp3) is 0.722. The molecule has 2 heterocycles. The Labute approximate surface area is 164 Å². The first-order valence-electron chi connectivity index (χ1n) is 9.33. The second kappa shape index (κ2) is 7.76. The molecule has 1 saturated heterocycles. The predicted octanol–water partition coefficient (Wildman–Crippen LogP) is 3.56. The van der Waals surface area contributed by atoms with Gasteiger partial charge in [0.05, 0.1) is 4.92 Å². The summed E-state index contributed by atoms with van der Waals surface area (Å²) >= 11 is 0. The van der Waals surface area contributed by atoms with Crippen molar-refractivity contribution in [3.8, 4) is 0 Å². The van der Waals surface area contributed by atoms with E-state index in [1.165, 1.54) is 11.1 Å². The van der Waals surface area contributed by atoms with Gasteiger partial charge in [-0.1, -0.05) is 20.8 Å². The molecule has 1 aliphatic rings. The van der Waals surface area contributed by atoms with Gasteiger partial charge in [0.15, 0.2) is 0 Å². The lowest BCUT2D eigenvalue weighted by atomic mass is 9.79. The highest BCUT2D eigenvalue weighted by atomic mass is 16.6. The minimum atomic E-state index is -0.942. The molecule has 0 spiro atoms. The maximum absolute atomic E-state index is 11.6. The Morgan fingerprint density at radius 1 is 1.32 bits per heavy atom. The first kappa shape index (κ1) is 21.6. The Bertz CT molecular complexity index is 741. The van der Waals surface area contributed by atoms with Crippen molar-refractivity contribution in [2.24, 2.45) is 5.41 Å². The van der Waals surface area contributed by atoms with E-state index < -0.39 is 11.0 Å². The number of carbonyl (C=O) groups is 1. The van der Waals surface area contributed by atoms with Gasteiger partial charge >= 0.3 is 11.8 Å². The summed E-state index contributed by atoms with van der Waals surface area (Å²) < 4.78 is 0. The van der Waals surface area contributed by atoms with Crippen molar-refractivity contribution < 1.29 is 14.8 Å². The molecule has 10 heteroatoms. The van der Waals surface area contributed by atoms with Crippen LogP contribution in [0.1, 0.15) is 54.4 Å². The van der Waals surface area contributed by atoms with Crippen LogP contribution in [0.4, 0.5) is 22.2 Å². The number of anilines is 2. The molecule has 3 N–H and O–H groups in total. The second-order valence-corrected chi connectivity index (χ2v) is 9.28. The molecule has 0 saturated carbocycles. The predicted molar refractivity (Wildman–Crippen MR) is 107 cm³/mol. The molecule has 1 aliphatic heterocycles. The molecular weight excluding hydrogens is 364 g/mol. The van der Waals surface area contributed by atoms with Crippen LogP contribution >= 0.6 is 0 Å². The Morgan fingerprint density at radius 2 is 1.96 bits per heavy atom. The van der Waals surface area contributed by atoms with Gasteiger partial charge in [0, 0.05) is 24.2 Å². The third-order valence-corrected chi connectivity index (χ3v) is 4.64. The van der Waals surface area contributed by atoms with Gasteiger partial charge in [0.1, 0.15) is 6.20 Å². The van der Waals surface area contributed by atoms with Crippen LogP contribution < -0.4 is 10.6 Å². The number of aromatic nitrogens is 2. The van der Waals surface area contributed by atoms with Gasteiger partial charge in [-0.25, -0.2) is 9.78 Å². The molecule has 0 bridgehead atoms. The standard InChI is InChI=1S/C18H30N6O4/c1-17(2,3)13-9-11(7-8-23(13)16(25)26)20-14-12(24(27)28)10-19-15(21-14)22-18(4,5)6/h10-11,13H,7-9H2,1-6H3,(H,25,26)(H2,19,20,21,22). The van der Waals surface area contributed by atoms with Crippen molar-refractivity contribution in [3.05, 3.63) is 16.3 Å². The van der Waals surface area contributed by atoms with Crippen LogP contribution in [-0.2, 0) is 0 Å². The number of amides is 1. The number of hydrogen-bond acceptors (Lipinski definition) is 7. The summed E-state index contributed by atoms with van der Waals surface area (Å²) in [6, 6.07) is -0.333. The number of nitro groups is 1. The van der Waals surface area contributed by atoms with Crippen molar-refractivity contribution in [1.82, 2.24) is 14.9 Å². The molecule has 1 amide bonds. The number of nitrogens with zero attached hydrogens (tertiary/aromatic N) is 4. The lowest BCUT2D eigenvalue weighted by Gasteiger charge is -2.44. The summed E-state index contributed by atoms with van der Waals surface area (Å²) in [5, 5.41) is 27.2. The third-order valence-electron chi connectivity index (χ3n) is 4.64. The molecule has 2 unspecified atom stereocenters. The first-order valence-corrected chi connectivity index (χ1v) is 9.33. The van der Waals surface area contributed by atoms with Gasteiger partial charge in [0.2, 0.25) is 11.8 Å². The molecule has 28 heavy (non-hydrogen) atoms. The Kier molecular flexibility index (Phi) is 6.00. The zero-order chi connectivity index (χ0) is 21.3. The molecule has 1 fully saturated rings. The highest BCUT2D eigenvalue weighted by Crippen LogP contribution is 2.34. The zero-order valence-electron chi connectivity index (χ0n) is 17.3. The van der Waals surface area contributed by atoms with Gasteiger partial charge < -0.3 is 20.6 Å². The van der Waals surface area contributed by atoms with Crippen LogP contribution in [0.25, 0.3) is 0 Å². The second-order valence-electron chi connectivity index (χ2n) is 9.28. The van der Waals surface area contributed by atoms with Crippen LogP contribution in [0, 0.1) is 15.5 Å². The molecule has 0 aromatic carbocycles.